The first kappa shape index (κ1) is 42.5. The first-order chi connectivity index (χ1) is 22.6. The average molecular weight is 710 g/mol. The molecule has 0 N–H and O–H groups in total. The maximum atomic E-state index is 14.3. The van der Waals surface area contributed by atoms with E-state index in [0.29, 0.717) is 19.3 Å². The van der Waals surface area contributed by atoms with Crippen molar-refractivity contribution in [2.24, 2.45) is 17.3 Å². The van der Waals surface area contributed by atoms with Gasteiger partial charge < -0.3 is 9.47 Å². The number of alkyl halides is 6. The third-order valence-corrected chi connectivity index (χ3v) is 10.2. The standard InChI is InChI=1S/C36H53F6NO6/c1-9-12-18-47-29(45)27(19-24(4)26-16-14-13-15-17-26)20-32(6,31(46)48-23-35(38,39)30(37)36(40,41)42)22-49-43-33(7,10-2)21-28(44)25(5)34(43,8)11-3/h13-17,24-25,27,30H,9-12,18-23H2,1-8H3. The second kappa shape index (κ2) is 17.0. The number of unbranched alkanes of at least 4 members (excludes halogenated alkanes) is 1. The number of ether oxygens (including phenoxy) is 2. The van der Waals surface area contributed by atoms with Crippen LogP contribution in [0.1, 0.15) is 112 Å². The number of hydroxylamine groups is 2. The molecule has 0 saturated carbocycles. The molecule has 1 aliphatic heterocycles. The number of nitrogens with zero attached hydrogens (tertiary/aromatic N) is 1. The smallest absolute Gasteiger partial charge is 0.425 e. The van der Waals surface area contributed by atoms with Gasteiger partial charge in [0.25, 0.3) is 6.17 Å². The number of hydrogen-bond acceptors (Lipinski definition) is 7. The Morgan fingerprint density at radius 2 is 1.61 bits per heavy atom. The number of carbonyl (C=O) groups excluding carboxylic acids is 3. The minimum atomic E-state index is -5.89. The maximum Gasteiger partial charge on any atom is 0.425 e. The Labute approximate surface area is 286 Å². The molecule has 0 radical (unpaired) electrons. The molecule has 1 fully saturated rings. The Bertz CT molecular complexity index is 1250. The lowest BCUT2D eigenvalue weighted by Gasteiger charge is -2.56. The molecule has 1 aromatic carbocycles. The number of Topliss-reactive ketones (excluding diaryl/α,β-unsaturated/α-hetero) is 1. The summed E-state index contributed by atoms with van der Waals surface area (Å²) in [5, 5.41) is 1.66. The topological polar surface area (TPSA) is 82.1 Å². The van der Waals surface area contributed by atoms with E-state index in [9.17, 15) is 40.7 Å². The number of carbonyl (C=O) groups is 3. The van der Waals surface area contributed by atoms with E-state index in [4.69, 9.17) is 14.3 Å². The van der Waals surface area contributed by atoms with Crippen LogP contribution < -0.4 is 0 Å². The largest absolute Gasteiger partial charge is 0.465 e. The second-order valence-corrected chi connectivity index (χ2v) is 14.3. The summed E-state index contributed by atoms with van der Waals surface area (Å²) < 4.78 is 91.2. The maximum absolute atomic E-state index is 14.3. The van der Waals surface area contributed by atoms with E-state index in [2.05, 4.69) is 0 Å². The average Bonchev–Trinajstić information content (AvgIpc) is 3.05. The first-order valence-corrected chi connectivity index (χ1v) is 17.0. The van der Waals surface area contributed by atoms with Gasteiger partial charge in [0, 0.05) is 12.3 Å². The molecule has 1 aliphatic rings. The molecule has 1 aromatic rings. The van der Waals surface area contributed by atoms with Crippen LogP contribution in [-0.4, -0.2) is 72.0 Å². The summed E-state index contributed by atoms with van der Waals surface area (Å²) in [6.07, 6.45) is -8.26. The zero-order chi connectivity index (χ0) is 37.4. The van der Waals surface area contributed by atoms with Crippen molar-refractivity contribution in [3.8, 4) is 0 Å². The fourth-order valence-corrected chi connectivity index (χ4v) is 6.40. The van der Waals surface area contributed by atoms with Gasteiger partial charge in [-0.1, -0.05) is 71.4 Å². The normalized spacial score (nSPS) is 25.3. The quantitative estimate of drug-likeness (QED) is 0.0856. The van der Waals surface area contributed by atoms with Gasteiger partial charge in [-0.15, -0.1) is 0 Å². The SMILES string of the molecule is CCCCOC(=O)C(CC(C)c1ccccc1)CC(C)(CON1C(C)(CC)CC(=O)C(C)C1(C)CC)C(=O)OCC(F)(F)C(F)C(F)(F)F. The van der Waals surface area contributed by atoms with Gasteiger partial charge in [-0.2, -0.15) is 27.0 Å². The van der Waals surface area contributed by atoms with Crippen LogP contribution in [0.2, 0.25) is 0 Å². The van der Waals surface area contributed by atoms with Crippen LogP contribution in [0.5, 0.6) is 0 Å². The Balaban J connectivity index is 2.55. The predicted octanol–water partition coefficient (Wildman–Crippen LogP) is 8.79. The van der Waals surface area contributed by atoms with Gasteiger partial charge in [-0.25, -0.2) is 4.39 Å². The highest BCUT2D eigenvalue weighted by Crippen LogP contribution is 2.45. The van der Waals surface area contributed by atoms with E-state index in [0.717, 1.165) is 12.0 Å². The first-order valence-electron chi connectivity index (χ1n) is 17.0. The molecular weight excluding hydrogens is 656 g/mol. The Morgan fingerprint density at radius 3 is 2.14 bits per heavy atom. The van der Waals surface area contributed by atoms with Crippen molar-refractivity contribution in [1.29, 1.82) is 0 Å². The van der Waals surface area contributed by atoms with Gasteiger partial charge in [-0.05, 0) is 64.4 Å². The van der Waals surface area contributed by atoms with E-state index in [1.807, 2.05) is 71.9 Å². The molecule has 49 heavy (non-hydrogen) atoms. The van der Waals surface area contributed by atoms with E-state index in [-0.39, 0.29) is 37.6 Å². The molecule has 13 heteroatoms. The molecule has 7 nitrogen and oxygen atoms in total. The van der Waals surface area contributed by atoms with Crippen molar-refractivity contribution < 1.29 is 55.0 Å². The lowest BCUT2D eigenvalue weighted by molar-refractivity contribution is -0.305. The monoisotopic (exact) mass is 709 g/mol. The highest BCUT2D eigenvalue weighted by atomic mass is 19.4. The lowest BCUT2D eigenvalue weighted by Crippen LogP contribution is -2.67. The summed E-state index contributed by atoms with van der Waals surface area (Å²) in [5.74, 6) is -8.78. The fourth-order valence-electron chi connectivity index (χ4n) is 6.40. The Hall–Kier alpha value is -2.67. The van der Waals surface area contributed by atoms with Gasteiger partial charge >= 0.3 is 24.0 Å². The van der Waals surface area contributed by atoms with Crippen molar-refractivity contribution in [2.75, 3.05) is 19.8 Å². The molecule has 0 aliphatic carbocycles. The zero-order valence-corrected chi connectivity index (χ0v) is 29.9. The van der Waals surface area contributed by atoms with Crippen LogP contribution in [0, 0.1) is 17.3 Å². The van der Waals surface area contributed by atoms with Crippen LogP contribution >= 0.6 is 0 Å². The summed E-state index contributed by atoms with van der Waals surface area (Å²) in [5.41, 5.74) is -2.70. The van der Waals surface area contributed by atoms with Crippen molar-refractivity contribution in [3.05, 3.63) is 35.9 Å². The summed E-state index contributed by atoms with van der Waals surface area (Å²) in [6, 6.07) is 9.22. The summed E-state index contributed by atoms with van der Waals surface area (Å²) in [7, 11) is 0. The van der Waals surface area contributed by atoms with Crippen molar-refractivity contribution >= 4 is 17.7 Å². The number of rotatable bonds is 18. The van der Waals surface area contributed by atoms with Gasteiger partial charge in [0.05, 0.1) is 35.6 Å². The third kappa shape index (κ3) is 10.4. The molecule has 7 atom stereocenters. The van der Waals surface area contributed by atoms with Crippen LogP contribution in [0.25, 0.3) is 0 Å². The molecule has 0 aromatic heterocycles. The molecule has 280 valence electrons. The van der Waals surface area contributed by atoms with Crippen molar-refractivity contribution in [2.45, 2.75) is 136 Å². The lowest BCUT2D eigenvalue weighted by atomic mass is 9.70. The van der Waals surface area contributed by atoms with E-state index >= 15 is 0 Å². The van der Waals surface area contributed by atoms with Crippen molar-refractivity contribution in [1.82, 2.24) is 5.06 Å². The molecule has 1 heterocycles. The predicted molar refractivity (Wildman–Crippen MR) is 172 cm³/mol. The fraction of sp³-hybridized carbons (Fsp3) is 0.750. The number of piperidine rings is 1. The molecule has 7 unspecified atom stereocenters. The molecule has 1 saturated heterocycles. The molecule has 0 spiro atoms. The molecule has 0 amide bonds. The molecule has 2 rings (SSSR count). The summed E-state index contributed by atoms with van der Waals surface area (Å²) in [4.78, 5) is 46.7. The number of benzene rings is 1. The third-order valence-electron chi connectivity index (χ3n) is 10.2. The number of halogens is 6. The summed E-state index contributed by atoms with van der Waals surface area (Å²) >= 11 is 0. The van der Waals surface area contributed by atoms with E-state index in [1.165, 1.54) is 6.92 Å². The Kier molecular flexibility index (Phi) is 14.8. The number of hydrogen-bond donors (Lipinski definition) is 0. The van der Waals surface area contributed by atoms with Crippen LogP contribution in [0.3, 0.4) is 0 Å². The number of esters is 2. The minimum Gasteiger partial charge on any atom is -0.465 e. The van der Waals surface area contributed by atoms with Gasteiger partial charge in [-0.3, -0.25) is 19.2 Å². The van der Waals surface area contributed by atoms with Gasteiger partial charge in [0.1, 0.15) is 5.78 Å². The van der Waals surface area contributed by atoms with Crippen LogP contribution in [0.4, 0.5) is 26.3 Å². The zero-order valence-electron chi connectivity index (χ0n) is 29.9. The number of ketones is 1. The van der Waals surface area contributed by atoms with Crippen molar-refractivity contribution in [3.63, 3.8) is 0 Å². The van der Waals surface area contributed by atoms with Gasteiger partial charge in [0.2, 0.25) is 0 Å². The second-order valence-electron chi connectivity index (χ2n) is 14.3. The van der Waals surface area contributed by atoms with E-state index in [1.54, 1.807) is 12.0 Å². The molecule has 0 bridgehead atoms. The van der Waals surface area contributed by atoms with Gasteiger partial charge in [0.15, 0.2) is 6.61 Å². The highest BCUT2D eigenvalue weighted by molar-refractivity contribution is 5.84. The van der Waals surface area contributed by atoms with Crippen LogP contribution in [-0.2, 0) is 28.7 Å². The van der Waals surface area contributed by atoms with E-state index < -0.39 is 71.8 Å². The summed E-state index contributed by atoms with van der Waals surface area (Å²) in [6.45, 7) is 11.7. The minimum absolute atomic E-state index is 0.0215. The Morgan fingerprint density at radius 1 is 1.00 bits per heavy atom. The highest BCUT2D eigenvalue weighted by Gasteiger charge is 2.58. The van der Waals surface area contributed by atoms with Crippen LogP contribution in [0.15, 0.2) is 30.3 Å². The molecular formula is C36H53F6NO6.